The van der Waals surface area contributed by atoms with Gasteiger partial charge in [0.1, 0.15) is 11.5 Å². The van der Waals surface area contributed by atoms with E-state index in [2.05, 4.69) is 10.8 Å². The third-order valence-corrected chi connectivity index (χ3v) is 2.94. The molecular weight excluding hydrogens is 268 g/mol. The van der Waals surface area contributed by atoms with Crippen LogP contribution in [-0.2, 0) is 9.68 Å². The minimum atomic E-state index is -0.787. The van der Waals surface area contributed by atoms with Crippen molar-refractivity contribution < 1.29 is 19.7 Å². The van der Waals surface area contributed by atoms with Crippen LogP contribution in [-0.4, -0.2) is 11.2 Å². The maximum Gasteiger partial charge on any atom is 0.350 e. The first-order valence-electron chi connectivity index (χ1n) is 6.36. The molecule has 0 bridgehead atoms. The van der Waals surface area contributed by atoms with Crippen LogP contribution < -0.4 is 4.74 Å². The highest BCUT2D eigenvalue weighted by Crippen LogP contribution is 2.27. The van der Waals surface area contributed by atoms with Gasteiger partial charge in [0.05, 0.1) is 5.92 Å². The van der Waals surface area contributed by atoms with Crippen LogP contribution in [0.15, 0.2) is 54.6 Å². The molecule has 0 fully saturated rings. The zero-order valence-corrected chi connectivity index (χ0v) is 11.2. The SMILES string of the molecule is C#CCC(C(=O)OO)c1cccc(Oc2ccccc2)c1. The Bertz CT molecular complexity index is 643. The smallest absolute Gasteiger partial charge is 0.350 e. The number of carbonyl (C=O) groups excluding carboxylic acids is 1. The van der Waals surface area contributed by atoms with Crippen LogP contribution in [0.2, 0.25) is 0 Å². The van der Waals surface area contributed by atoms with Crippen LogP contribution in [0.5, 0.6) is 11.5 Å². The predicted octanol–water partition coefficient (Wildman–Crippen LogP) is 3.60. The lowest BCUT2D eigenvalue weighted by molar-refractivity contribution is -0.236. The molecule has 0 spiro atoms. The number of ether oxygens (including phenoxy) is 1. The van der Waals surface area contributed by atoms with Gasteiger partial charge in [0.2, 0.25) is 0 Å². The quantitative estimate of drug-likeness (QED) is 0.517. The molecule has 0 saturated heterocycles. The molecule has 1 N–H and O–H groups in total. The van der Waals surface area contributed by atoms with Gasteiger partial charge in [0.25, 0.3) is 0 Å². The molecule has 0 amide bonds. The van der Waals surface area contributed by atoms with Gasteiger partial charge in [-0.3, -0.25) is 0 Å². The van der Waals surface area contributed by atoms with E-state index < -0.39 is 11.9 Å². The molecule has 0 aliphatic heterocycles. The number of para-hydroxylation sites is 1. The van der Waals surface area contributed by atoms with Crippen molar-refractivity contribution in [1.29, 1.82) is 0 Å². The summed E-state index contributed by atoms with van der Waals surface area (Å²) in [6, 6.07) is 16.2. The Balaban J connectivity index is 2.24. The largest absolute Gasteiger partial charge is 0.457 e. The number of terminal acetylenes is 1. The van der Waals surface area contributed by atoms with E-state index in [1.807, 2.05) is 30.3 Å². The highest BCUT2D eigenvalue weighted by molar-refractivity contribution is 5.78. The molecule has 0 aliphatic rings. The van der Waals surface area contributed by atoms with Gasteiger partial charge in [-0.05, 0) is 29.8 Å². The molecule has 0 radical (unpaired) electrons. The maximum atomic E-state index is 11.6. The third-order valence-electron chi connectivity index (χ3n) is 2.94. The summed E-state index contributed by atoms with van der Waals surface area (Å²) in [6.45, 7) is 0. The van der Waals surface area contributed by atoms with E-state index in [9.17, 15) is 4.79 Å². The van der Waals surface area contributed by atoms with Crippen LogP contribution in [0.1, 0.15) is 17.9 Å². The summed E-state index contributed by atoms with van der Waals surface area (Å²) in [4.78, 5) is 15.4. The summed E-state index contributed by atoms with van der Waals surface area (Å²) in [7, 11) is 0. The second-order valence-electron chi connectivity index (χ2n) is 4.36. The molecule has 1 unspecified atom stereocenters. The predicted molar refractivity (Wildman–Crippen MR) is 77.9 cm³/mol. The first-order chi connectivity index (χ1) is 10.2. The van der Waals surface area contributed by atoms with Crippen molar-refractivity contribution in [3.63, 3.8) is 0 Å². The fourth-order valence-corrected chi connectivity index (χ4v) is 1.94. The molecule has 0 heterocycles. The normalized spacial score (nSPS) is 11.2. The molecule has 0 saturated carbocycles. The van der Waals surface area contributed by atoms with Gasteiger partial charge in [0, 0.05) is 6.42 Å². The van der Waals surface area contributed by atoms with Crippen molar-refractivity contribution in [2.75, 3.05) is 0 Å². The second kappa shape index (κ2) is 7.13. The summed E-state index contributed by atoms with van der Waals surface area (Å²) < 4.78 is 5.69. The Morgan fingerprint density at radius 3 is 2.52 bits per heavy atom. The monoisotopic (exact) mass is 282 g/mol. The van der Waals surface area contributed by atoms with Crippen molar-refractivity contribution in [1.82, 2.24) is 0 Å². The molecule has 0 aromatic heterocycles. The minimum absolute atomic E-state index is 0.133. The van der Waals surface area contributed by atoms with Crippen molar-refractivity contribution in [2.24, 2.45) is 0 Å². The van der Waals surface area contributed by atoms with Crippen molar-refractivity contribution in [3.8, 4) is 23.8 Å². The molecular formula is C17H14O4. The minimum Gasteiger partial charge on any atom is -0.457 e. The lowest BCUT2D eigenvalue weighted by Gasteiger charge is -2.12. The zero-order valence-electron chi connectivity index (χ0n) is 11.2. The topological polar surface area (TPSA) is 55.8 Å². The van der Waals surface area contributed by atoms with Crippen LogP contribution in [0, 0.1) is 12.3 Å². The van der Waals surface area contributed by atoms with Crippen LogP contribution in [0.3, 0.4) is 0 Å². The van der Waals surface area contributed by atoms with E-state index in [-0.39, 0.29) is 6.42 Å². The fourth-order valence-electron chi connectivity index (χ4n) is 1.94. The highest BCUT2D eigenvalue weighted by atomic mass is 17.1. The second-order valence-corrected chi connectivity index (χ2v) is 4.36. The van der Waals surface area contributed by atoms with Gasteiger partial charge in [-0.1, -0.05) is 30.3 Å². The number of benzene rings is 2. The summed E-state index contributed by atoms with van der Waals surface area (Å²) in [6.07, 6.45) is 5.38. The van der Waals surface area contributed by atoms with Gasteiger partial charge in [-0.25, -0.2) is 4.79 Å². The first-order valence-corrected chi connectivity index (χ1v) is 6.36. The molecule has 4 nitrogen and oxygen atoms in total. The standard InChI is InChI=1S/C17H14O4/c1-2-7-16(17(18)21-19)13-8-6-11-15(12-13)20-14-9-4-3-5-10-14/h1,3-6,8-12,16,19H,7H2. The first kappa shape index (κ1) is 14.6. The van der Waals surface area contributed by atoms with E-state index in [0.29, 0.717) is 17.1 Å². The van der Waals surface area contributed by atoms with Crippen molar-refractivity contribution in [2.45, 2.75) is 12.3 Å². The Morgan fingerprint density at radius 2 is 1.86 bits per heavy atom. The van der Waals surface area contributed by atoms with Crippen LogP contribution in [0.4, 0.5) is 0 Å². The third kappa shape index (κ3) is 3.85. The zero-order chi connectivity index (χ0) is 15.1. The van der Waals surface area contributed by atoms with Gasteiger partial charge in [-0.15, -0.1) is 12.3 Å². The highest BCUT2D eigenvalue weighted by Gasteiger charge is 2.22. The Hall–Kier alpha value is -2.77. The molecule has 4 heteroatoms. The lowest BCUT2D eigenvalue weighted by atomic mass is 9.96. The average Bonchev–Trinajstić information content (AvgIpc) is 2.53. The number of carbonyl (C=O) groups is 1. The fraction of sp³-hybridized carbons (Fsp3) is 0.118. The summed E-state index contributed by atoms with van der Waals surface area (Å²) in [5.41, 5.74) is 0.625. The van der Waals surface area contributed by atoms with E-state index in [4.69, 9.17) is 16.4 Å². The Morgan fingerprint density at radius 1 is 1.14 bits per heavy atom. The summed E-state index contributed by atoms with van der Waals surface area (Å²) >= 11 is 0. The number of hydrogen-bond acceptors (Lipinski definition) is 4. The van der Waals surface area contributed by atoms with E-state index in [0.717, 1.165) is 0 Å². The van der Waals surface area contributed by atoms with E-state index in [1.165, 1.54) is 0 Å². The van der Waals surface area contributed by atoms with Gasteiger partial charge >= 0.3 is 5.97 Å². The summed E-state index contributed by atoms with van der Waals surface area (Å²) in [5.74, 6) is 2.15. The van der Waals surface area contributed by atoms with Crippen molar-refractivity contribution in [3.05, 3.63) is 60.2 Å². The summed E-state index contributed by atoms with van der Waals surface area (Å²) in [5, 5.41) is 8.55. The molecule has 21 heavy (non-hydrogen) atoms. The van der Waals surface area contributed by atoms with Crippen molar-refractivity contribution >= 4 is 5.97 Å². The van der Waals surface area contributed by atoms with Crippen LogP contribution in [0.25, 0.3) is 0 Å². The maximum absolute atomic E-state index is 11.6. The molecule has 106 valence electrons. The van der Waals surface area contributed by atoms with Gasteiger partial charge < -0.3 is 9.62 Å². The molecule has 2 rings (SSSR count). The van der Waals surface area contributed by atoms with E-state index >= 15 is 0 Å². The molecule has 2 aromatic rings. The Kier molecular flexibility index (Phi) is 4.97. The lowest BCUT2D eigenvalue weighted by Crippen LogP contribution is -2.14. The number of rotatable bonds is 5. The van der Waals surface area contributed by atoms with Gasteiger partial charge in [0.15, 0.2) is 0 Å². The molecule has 1 atom stereocenters. The molecule has 2 aromatic carbocycles. The molecule has 0 aliphatic carbocycles. The Labute approximate surface area is 122 Å². The van der Waals surface area contributed by atoms with E-state index in [1.54, 1.807) is 24.3 Å². The average molecular weight is 282 g/mol. The number of hydrogen-bond donors (Lipinski definition) is 1. The van der Waals surface area contributed by atoms with Gasteiger partial charge in [-0.2, -0.15) is 5.26 Å². The van der Waals surface area contributed by atoms with Crippen LogP contribution >= 0.6 is 0 Å².